The number of rotatable bonds is 6. The van der Waals surface area contributed by atoms with Crippen LogP contribution in [0.1, 0.15) is 36.6 Å². The van der Waals surface area contributed by atoms with Gasteiger partial charge in [-0.3, -0.25) is 20.0 Å². The first-order chi connectivity index (χ1) is 28.2. The number of hydrogen-bond donors (Lipinski definition) is 0. The normalized spacial score (nSPS) is 15.0. The molecule has 0 saturated carbocycles. The molecule has 9 aromatic rings. The Kier molecular flexibility index (Phi) is 7.88. The number of benzene rings is 5. The Labute approximate surface area is 330 Å². The number of pyridine rings is 2. The fourth-order valence-electron chi connectivity index (χ4n) is 8.78. The van der Waals surface area contributed by atoms with Crippen LogP contribution in [0.3, 0.4) is 0 Å². The van der Waals surface area contributed by atoms with Gasteiger partial charge in [-0.1, -0.05) is 66.7 Å². The van der Waals surface area contributed by atoms with Crippen molar-refractivity contribution in [1.29, 1.82) is 0 Å². The van der Waals surface area contributed by atoms with Crippen LogP contribution in [0.4, 0.5) is 0 Å². The van der Waals surface area contributed by atoms with Crippen molar-refractivity contribution in [2.75, 3.05) is 0 Å². The Hall–Kier alpha value is -7.18. The third kappa shape index (κ3) is 5.72. The first kappa shape index (κ1) is 33.2. The molecule has 6 nitrogen and oxygen atoms in total. The second-order valence-electron chi connectivity index (χ2n) is 15.1. The van der Waals surface area contributed by atoms with E-state index in [9.17, 15) is 0 Å². The molecule has 0 amide bonds. The second kappa shape index (κ2) is 13.5. The highest BCUT2D eigenvalue weighted by Crippen LogP contribution is 2.39. The second-order valence-corrected chi connectivity index (χ2v) is 15.1. The predicted molar refractivity (Wildman–Crippen MR) is 236 cm³/mol. The average molecular weight is 735 g/mol. The van der Waals surface area contributed by atoms with Gasteiger partial charge in [0.05, 0.1) is 45.9 Å². The number of fused-ring (bicyclic) bond motifs is 6. The van der Waals surface area contributed by atoms with E-state index in [-0.39, 0.29) is 6.04 Å². The maximum absolute atomic E-state index is 4.92. The molecular weight excluding hydrogens is 697 g/mol. The fraction of sp³-hybridized carbons (Fsp3) is 0.0980. The van der Waals surface area contributed by atoms with Crippen LogP contribution in [-0.2, 0) is 6.42 Å². The van der Waals surface area contributed by atoms with Crippen molar-refractivity contribution in [2.24, 2.45) is 9.98 Å². The van der Waals surface area contributed by atoms with Gasteiger partial charge in [-0.05, 0) is 127 Å². The van der Waals surface area contributed by atoms with Gasteiger partial charge >= 0.3 is 0 Å². The summed E-state index contributed by atoms with van der Waals surface area (Å²) in [7, 11) is 0. The summed E-state index contributed by atoms with van der Waals surface area (Å²) in [5.74, 6) is 0. The zero-order valence-electron chi connectivity index (χ0n) is 31.5. The zero-order chi connectivity index (χ0) is 37.9. The Morgan fingerprint density at radius 3 is 2.07 bits per heavy atom. The molecular formula is C51H38N6. The third-order valence-corrected chi connectivity index (χ3v) is 11.5. The van der Waals surface area contributed by atoms with Crippen molar-refractivity contribution in [3.05, 3.63) is 175 Å². The number of nitrogens with zero attached hydrogens (tertiary/aromatic N) is 6. The summed E-state index contributed by atoms with van der Waals surface area (Å²) in [6, 6.07) is 48.4. The molecule has 4 aromatic heterocycles. The molecule has 0 aliphatic carbocycles. The van der Waals surface area contributed by atoms with E-state index in [1.165, 1.54) is 49.5 Å². The van der Waals surface area contributed by atoms with Gasteiger partial charge in [0, 0.05) is 63.5 Å². The van der Waals surface area contributed by atoms with Gasteiger partial charge in [0.15, 0.2) is 0 Å². The molecule has 1 atom stereocenters. The molecule has 6 heterocycles. The van der Waals surface area contributed by atoms with E-state index in [1.54, 1.807) is 0 Å². The maximum Gasteiger partial charge on any atom is 0.0724 e. The Bertz CT molecular complexity index is 3120. The van der Waals surface area contributed by atoms with Crippen molar-refractivity contribution in [1.82, 2.24) is 19.1 Å². The standard InChI is InChI=1S/C51H38N6/c1-33-25-43-45-29-37(35-10-7-12-39(27-35)47-16-3-5-23-54-47)18-20-49(45)57(51(43)32-55-33)41-14-8-13-40(30-41)56-48-19-17-36(28-44(48)42-21-24-52-31-50(42)56)34-9-6-11-38(26-34)46-15-2-4-22-53-46/h3,5-24,26-33H,2,4,25H2,1H3. The van der Waals surface area contributed by atoms with Crippen molar-refractivity contribution in [3.8, 4) is 44.9 Å². The van der Waals surface area contributed by atoms with Crippen LogP contribution in [0.15, 0.2) is 168 Å². The smallest absolute Gasteiger partial charge is 0.0724 e. The van der Waals surface area contributed by atoms with Crippen LogP contribution in [0, 0.1) is 0 Å². The minimum Gasteiger partial charge on any atom is -0.308 e. The molecule has 2 aliphatic heterocycles. The van der Waals surface area contributed by atoms with Gasteiger partial charge in [0.2, 0.25) is 0 Å². The first-order valence-corrected chi connectivity index (χ1v) is 19.7. The van der Waals surface area contributed by atoms with Gasteiger partial charge in [-0.2, -0.15) is 0 Å². The molecule has 6 heteroatoms. The molecule has 11 rings (SSSR count). The molecule has 0 spiro atoms. The van der Waals surface area contributed by atoms with Crippen molar-refractivity contribution in [2.45, 2.75) is 32.2 Å². The minimum absolute atomic E-state index is 0.217. The van der Waals surface area contributed by atoms with Gasteiger partial charge in [-0.25, -0.2) is 0 Å². The van der Waals surface area contributed by atoms with Crippen LogP contribution >= 0.6 is 0 Å². The van der Waals surface area contributed by atoms with Gasteiger partial charge in [0.1, 0.15) is 0 Å². The Morgan fingerprint density at radius 1 is 0.561 bits per heavy atom. The molecule has 0 saturated heterocycles. The molecule has 5 aromatic carbocycles. The van der Waals surface area contributed by atoms with Crippen LogP contribution in [-0.4, -0.2) is 37.6 Å². The van der Waals surface area contributed by atoms with Gasteiger partial charge in [0.25, 0.3) is 0 Å². The largest absolute Gasteiger partial charge is 0.308 e. The number of allylic oxidation sites excluding steroid dienone is 1. The fourth-order valence-corrected chi connectivity index (χ4v) is 8.78. The van der Waals surface area contributed by atoms with E-state index in [4.69, 9.17) is 4.99 Å². The average Bonchev–Trinajstić information content (AvgIpc) is 3.79. The monoisotopic (exact) mass is 734 g/mol. The van der Waals surface area contributed by atoms with Crippen molar-refractivity contribution >= 4 is 50.8 Å². The molecule has 272 valence electrons. The van der Waals surface area contributed by atoms with Crippen molar-refractivity contribution < 1.29 is 0 Å². The number of aliphatic imine (C=N–C) groups is 2. The van der Waals surface area contributed by atoms with Crippen LogP contribution in [0.5, 0.6) is 0 Å². The highest BCUT2D eigenvalue weighted by atomic mass is 15.0. The van der Waals surface area contributed by atoms with Gasteiger partial charge < -0.3 is 9.13 Å². The summed E-state index contributed by atoms with van der Waals surface area (Å²) in [6.07, 6.45) is 15.0. The first-order valence-electron chi connectivity index (χ1n) is 19.7. The lowest BCUT2D eigenvalue weighted by atomic mass is 9.97. The third-order valence-electron chi connectivity index (χ3n) is 11.5. The molecule has 2 aliphatic rings. The van der Waals surface area contributed by atoms with Crippen LogP contribution in [0.2, 0.25) is 0 Å². The van der Waals surface area contributed by atoms with E-state index < -0.39 is 0 Å². The summed E-state index contributed by atoms with van der Waals surface area (Å²) in [5.41, 5.74) is 17.0. The van der Waals surface area contributed by atoms with Crippen LogP contribution in [0.25, 0.3) is 83.3 Å². The Morgan fingerprint density at radius 2 is 1.28 bits per heavy atom. The lowest BCUT2D eigenvalue weighted by molar-refractivity contribution is 0.732. The van der Waals surface area contributed by atoms with Gasteiger partial charge in [-0.15, -0.1) is 0 Å². The van der Waals surface area contributed by atoms with Crippen molar-refractivity contribution in [3.63, 3.8) is 0 Å². The number of aromatic nitrogens is 4. The Balaban J connectivity index is 1.03. The lowest BCUT2D eigenvalue weighted by Crippen LogP contribution is -2.13. The van der Waals surface area contributed by atoms with E-state index in [2.05, 4.69) is 165 Å². The summed E-state index contributed by atoms with van der Waals surface area (Å²) in [5, 5.41) is 3.63. The molecule has 0 radical (unpaired) electrons. The quantitative estimate of drug-likeness (QED) is 0.171. The highest BCUT2D eigenvalue weighted by Gasteiger charge is 2.23. The van der Waals surface area contributed by atoms with E-state index >= 15 is 0 Å². The van der Waals surface area contributed by atoms with E-state index in [1.807, 2.05) is 36.9 Å². The summed E-state index contributed by atoms with van der Waals surface area (Å²) in [6.45, 7) is 2.20. The number of hydrogen-bond acceptors (Lipinski definition) is 4. The van der Waals surface area contributed by atoms with E-state index in [0.717, 1.165) is 69.9 Å². The van der Waals surface area contributed by atoms with Crippen LogP contribution < -0.4 is 0 Å². The molecule has 0 fully saturated rings. The molecule has 1 unspecified atom stereocenters. The maximum atomic E-state index is 4.92. The summed E-state index contributed by atoms with van der Waals surface area (Å²) in [4.78, 5) is 18.8. The summed E-state index contributed by atoms with van der Waals surface area (Å²) < 4.78 is 4.74. The topological polar surface area (TPSA) is 60.4 Å². The zero-order valence-corrected chi connectivity index (χ0v) is 31.5. The lowest BCUT2D eigenvalue weighted by Gasteiger charge is -2.16. The predicted octanol–water partition coefficient (Wildman–Crippen LogP) is 12.1. The highest BCUT2D eigenvalue weighted by molar-refractivity contribution is 6.10. The molecule has 0 bridgehead atoms. The molecule has 57 heavy (non-hydrogen) atoms. The minimum atomic E-state index is 0.217. The van der Waals surface area contributed by atoms with E-state index in [0.29, 0.717) is 0 Å². The summed E-state index contributed by atoms with van der Waals surface area (Å²) >= 11 is 0. The SMILES string of the molecule is CC1Cc2c(n(-c3cccc(-n4c5ccc(-c6cccc(C7=CCCC=N7)c6)cc5c5ccncc54)c3)c3ccc(-c4cccc(-c5ccccn5)c4)cc23)C=N1. The molecule has 0 N–H and O–H groups in total.